The first-order chi connectivity index (χ1) is 15.7. The summed E-state index contributed by atoms with van der Waals surface area (Å²) in [6, 6.07) is 21.3. The fraction of sp³-hybridized carbons (Fsp3) is 0.133. The molecule has 0 aliphatic rings. The predicted molar refractivity (Wildman–Crippen MR) is 141 cm³/mol. The van der Waals surface area contributed by atoms with Gasteiger partial charge < -0.3 is 0 Å². The van der Waals surface area contributed by atoms with E-state index in [1.807, 2.05) is 25.3 Å². The Bertz CT molecular complexity index is 1390. The van der Waals surface area contributed by atoms with Crippen molar-refractivity contribution in [3.05, 3.63) is 102 Å². The molecule has 158 valence electrons. The summed E-state index contributed by atoms with van der Waals surface area (Å²) in [5.74, 6) is 0. The van der Waals surface area contributed by atoms with Gasteiger partial charge in [0.1, 0.15) is 0 Å². The zero-order chi connectivity index (χ0) is 22.5. The summed E-state index contributed by atoms with van der Waals surface area (Å²) in [6.45, 7) is 8.34. The lowest BCUT2D eigenvalue weighted by Crippen LogP contribution is -2.02. The van der Waals surface area contributed by atoms with Gasteiger partial charge in [0.05, 0.1) is 17.1 Å². The topological polar surface area (TPSA) is 25.2 Å². The maximum atomic E-state index is 4.99. The van der Waals surface area contributed by atoms with Gasteiger partial charge in [0.2, 0.25) is 0 Å². The van der Waals surface area contributed by atoms with Gasteiger partial charge in [-0.2, -0.15) is 0 Å². The van der Waals surface area contributed by atoms with E-state index in [0.717, 1.165) is 34.6 Å². The lowest BCUT2D eigenvalue weighted by Gasteiger charge is -2.16. The third-order valence-electron chi connectivity index (χ3n) is 5.69. The summed E-state index contributed by atoms with van der Waals surface area (Å²) >= 11 is 0. The number of rotatable bonds is 6. The highest BCUT2D eigenvalue weighted by Crippen LogP contribution is 2.37. The SMILES string of the molecule is C=Cc1c(-c2cccc(C(/C=C\CC)=NC)n2)cc2ccc3ccccc3c2c1C=CC. The number of pyridine rings is 1. The normalized spacial score (nSPS) is 12.4. The molecule has 0 unspecified atom stereocenters. The van der Waals surface area contributed by atoms with Gasteiger partial charge in [-0.3, -0.25) is 4.99 Å². The fourth-order valence-electron chi connectivity index (χ4n) is 4.23. The zero-order valence-corrected chi connectivity index (χ0v) is 19.0. The molecule has 2 heteroatoms. The van der Waals surface area contributed by atoms with Gasteiger partial charge in [-0.25, -0.2) is 4.98 Å². The van der Waals surface area contributed by atoms with Crippen molar-refractivity contribution < 1.29 is 0 Å². The Morgan fingerprint density at radius 3 is 2.56 bits per heavy atom. The number of aliphatic imine (C=N–C) groups is 1. The molecule has 1 heterocycles. The van der Waals surface area contributed by atoms with E-state index >= 15 is 0 Å². The van der Waals surface area contributed by atoms with Crippen molar-refractivity contribution in [1.29, 1.82) is 0 Å². The van der Waals surface area contributed by atoms with Crippen LogP contribution in [0.5, 0.6) is 0 Å². The number of allylic oxidation sites excluding steroid dienone is 3. The molecule has 0 radical (unpaired) electrons. The van der Waals surface area contributed by atoms with Crippen molar-refractivity contribution in [1.82, 2.24) is 4.98 Å². The van der Waals surface area contributed by atoms with Crippen LogP contribution in [0.15, 0.2) is 90.5 Å². The minimum absolute atomic E-state index is 0.871. The zero-order valence-electron chi connectivity index (χ0n) is 19.0. The second kappa shape index (κ2) is 9.57. The molecular weight excluding hydrogens is 388 g/mol. The molecule has 3 aromatic carbocycles. The third-order valence-corrected chi connectivity index (χ3v) is 5.69. The van der Waals surface area contributed by atoms with E-state index in [1.165, 1.54) is 27.1 Å². The highest BCUT2D eigenvalue weighted by atomic mass is 14.8. The number of benzene rings is 3. The first kappa shape index (κ1) is 21.5. The summed E-state index contributed by atoms with van der Waals surface area (Å²) in [7, 11) is 1.81. The van der Waals surface area contributed by atoms with Crippen LogP contribution in [-0.4, -0.2) is 17.7 Å². The highest BCUT2D eigenvalue weighted by Gasteiger charge is 2.15. The monoisotopic (exact) mass is 416 g/mol. The number of aromatic nitrogens is 1. The summed E-state index contributed by atoms with van der Waals surface area (Å²) in [6.07, 6.45) is 11.3. The lowest BCUT2D eigenvalue weighted by atomic mass is 9.89. The van der Waals surface area contributed by atoms with E-state index in [4.69, 9.17) is 4.98 Å². The number of hydrogen-bond donors (Lipinski definition) is 0. The molecule has 0 spiro atoms. The van der Waals surface area contributed by atoms with Crippen LogP contribution in [0.3, 0.4) is 0 Å². The van der Waals surface area contributed by atoms with Crippen molar-refractivity contribution in [2.75, 3.05) is 7.05 Å². The quantitative estimate of drug-likeness (QED) is 0.230. The van der Waals surface area contributed by atoms with Crippen LogP contribution in [-0.2, 0) is 0 Å². The molecular formula is C30H28N2. The van der Waals surface area contributed by atoms with Crippen LogP contribution >= 0.6 is 0 Å². The Morgan fingerprint density at radius 1 is 1.00 bits per heavy atom. The van der Waals surface area contributed by atoms with Crippen LogP contribution < -0.4 is 0 Å². The Balaban J connectivity index is 2.02. The van der Waals surface area contributed by atoms with E-state index < -0.39 is 0 Å². The molecule has 1 aromatic heterocycles. The minimum atomic E-state index is 0.871. The van der Waals surface area contributed by atoms with Crippen LogP contribution in [0, 0.1) is 0 Å². The molecule has 0 bridgehead atoms. The largest absolute Gasteiger partial charge is 0.286 e. The van der Waals surface area contributed by atoms with E-state index in [0.29, 0.717) is 0 Å². The fourth-order valence-corrected chi connectivity index (χ4v) is 4.23. The Hall–Kier alpha value is -3.78. The van der Waals surface area contributed by atoms with Gasteiger partial charge in [-0.1, -0.05) is 80.3 Å². The molecule has 0 aliphatic heterocycles. The maximum Gasteiger partial charge on any atom is 0.0888 e. The second-order valence-electron chi connectivity index (χ2n) is 7.67. The molecule has 0 saturated heterocycles. The Morgan fingerprint density at radius 2 is 1.81 bits per heavy atom. The molecule has 0 aliphatic carbocycles. The molecule has 0 fully saturated rings. The molecule has 0 N–H and O–H groups in total. The molecule has 2 nitrogen and oxygen atoms in total. The summed E-state index contributed by atoms with van der Waals surface area (Å²) in [4.78, 5) is 9.43. The van der Waals surface area contributed by atoms with Crippen LogP contribution in [0.25, 0.3) is 45.0 Å². The Labute approximate surface area is 190 Å². The third kappa shape index (κ3) is 3.92. The van der Waals surface area contributed by atoms with E-state index in [1.54, 1.807) is 0 Å². The van der Waals surface area contributed by atoms with Crippen molar-refractivity contribution in [2.24, 2.45) is 4.99 Å². The molecule has 4 aromatic rings. The van der Waals surface area contributed by atoms with Crippen molar-refractivity contribution >= 4 is 39.4 Å². The van der Waals surface area contributed by atoms with Crippen molar-refractivity contribution in [3.8, 4) is 11.3 Å². The minimum Gasteiger partial charge on any atom is -0.286 e. The summed E-state index contributed by atoms with van der Waals surface area (Å²) in [5, 5.41) is 4.93. The van der Waals surface area contributed by atoms with Gasteiger partial charge in [0.25, 0.3) is 0 Å². The molecule has 0 atom stereocenters. The average molecular weight is 417 g/mol. The van der Waals surface area contributed by atoms with Crippen molar-refractivity contribution in [2.45, 2.75) is 20.3 Å². The maximum absolute atomic E-state index is 4.99. The number of fused-ring (bicyclic) bond motifs is 3. The molecule has 4 rings (SSSR count). The predicted octanol–water partition coefficient (Wildman–Crippen LogP) is 8.12. The van der Waals surface area contributed by atoms with Crippen LogP contribution in [0.4, 0.5) is 0 Å². The number of nitrogens with zero attached hydrogens (tertiary/aromatic N) is 2. The standard InChI is InChI=1S/C30H28N2/c1-5-8-15-28(31-4)29-17-11-16-27(32-29)26-20-22-19-18-21-13-9-10-14-24(21)30(22)25(12-6-2)23(26)7-3/h6-20H,3,5H2,1-2,4H3/b12-6?,15-8-,31-28?. The van der Waals surface area contributed by atoms with Gasteiger partial charge >= 0.3 is 0 Å². The Kier molecular flexibility index (Phi) is 6.42. The average Bonchev–Trinajstić information content (AvgIpc) is 2.84. The first-order valence-electron chi connectivity index (χ1n) is 11.1. The van der Waals surface area contributed by atoms with E-state index in [9.17, 15) is 0 Å². The smallest absolute Gasteiger partial charge is 0.0888 e. The van der Waals surface area contributed by atoms with E-state index in [-0.39, 0.29) is 0 Å². The second-order valence-corrected chi connectivity index (χ2v) is 7.67. The molecule has 32 heavy (non-hydrogen) atoms. The lowest BCUT2D eigenvalue weighted by molar-refractivity contribution is 1.22. The summed E-state index contributed by atoms with van der Waals surface area (Å²) < 4.78 is 0. The van der Waals surface area contributed by atoms with Gasteiger partial charge in [-0.05, 0) is 70.3 Å². The van der Waals surface area contributed by atoms with Gasteiger partial charge in [-0.15, -0.1) is 0 Å². The van der Waals surface area contributed by atoms with Gasteiger partial charge in [0, 0.05) is 12.6 Å². The first-order valence-corrected chi connectivity index (χ1v) is 11.1. The highest BCUT2D eigenvalue weighted by molar-refractivity contribution is 6.14. The van der Waals surface area contributed by atoms with E-state index in [2.05, 4.69) is 98.2 Å². The van der Waals surface area contributed by atoms with Crippen molar-refractivity contribution in [3.63, 3.8) is 0 Å². The number of hydrogen-bond acceptors (Lipinski definition) is 2. The van der Waals surface area contributed by atoms with Crippen LogP contribution in [0.2, 0.25) is 0 Å². The van der Waals surface area contributed by atoms with Crippen LogP contribution in [0.1, 0.15) is 37.1 Å². The van der Waals surface area contributed by atoms with Gasteiger partial charge in [0.15, 0.2) is 0 Å². The summed E-state index contributed by atoms with van der Waals surface area (Å²) in [5.41, 5.74) is 6.02. The molecule has 0 amide bonds. The molecule has 0 saturated carbocycles.